The van der Waals surface area contributed by atoms with E-state index in [4.69, 9.17) is 14.6 Å². The predicted molar refractivity (Wildman–Crippen MR) is 148 cm³/mol. The number of aromatic nitrogens is 3. The first-order valence-corrected chi connectivity index (χ1v) is 13.2. The van der Waals surface area contributed by atoms with E-state index >= 15 is 0 Å². The van der Waals surface area contributed by atoms with E-state index in [1.54, 1.807) is 29.2 Å². The third kappa shape index (κ3) is 3.98. The maximum absolute atomic E-state index is 14.6. The van der Waals surface area contributed by atoms with Gasteiger partial charge in [0, 0.05) is 23.5 Å². The molecule has 0 saturated carbocycles. The molecule has 2 amide bonds. The van der Waals surface area contributed by atoms with E-state index in [0.29, 0.717) is 29.2 Å². The number of nitrogens with zero attached hydrogens (tertiary/aromatic N) is 4. The van der Waals surface area contributed by atoms with Crippen molar-refractivity contribution in [2.24, 2.45) is 0 Å². The van der Waals surface area contributed by atoms with E-state index in [0.717, 1.165) is 28.5 Å². The van der Waals surface area contributed by atoms with Crippen molar-refractivity contribution in [1.29, 1.82) is 0 Å². The van der Waals surface area contributed by atoms with Crippen LogP contribution in [0.15, 0.2) is 91.1 Å². The summed E-state index contributed by atoms with van der Waals surface area (Å²) in [6.07, 6.45) is 2.65. The summed E-state index contributed by atoms with van der Waals surface area (Å²) >= 11 is 0. The van der Waals surface area contributed by atoms with Crippen LogP contribution in [0.2, 0.25) is 0 Å². The second kappa shape index (κ2) is 9.60. The third-order valence-corrected chi connectivity index (χ3v) is 7.35. The van der Waals surface area contributed by atoms with Crippen LogP contribution in [0.5, 0.6) is 11.5 Å². The van der Waals surface area contributed by atoms with Crippen LogP contribution in [-0.4, -0.2) is 32.1 Å². The van der Waals surface area contributed by atoms with E-state index in [-0.39, 0.29) is 25.2 Å². The zero-order chi connectivity index (χ0) is 27.2. The lowest BCUT2D eigenvalue weighted by atomic mass is 10.0. The summed E-state index contributed by atoms with van der Waals surface area (Å²) in [6.45, 7) is 2.47. The first-order valence-electron chi connectivity index (χ1n) is 13.2. The predicted octanol–water partition coefficient (Wildman–Crippen LogP) is 6.23. The number of halogens is 1. The molecule has 9 heteroatoms. The Hall–Kier alpha value is -5.05. The Labute approximate surface area is 230 Å². The number of amides is 2. The fourth-order valence-corrected chi connectivity index (χ4v) is 5.55. The van der Waals surface area contributed by atoms with Crippen LogP contribution in [0, 0.1) is 5.82 Å². The number of rotatable bonds is 4. The molecule has 2 aromatic heterocycles. The number of urea groups is 1. The van der Waals surface area contributed by atoms with Crippen molar-refractivity contribution in [3.05, 3.63) is 119 Å². The molecule has 0 bridgehead atoms. The van der Waals surface area contributed by atoms with E-state index in [9.17, 15) is 9.18 Å². The van der Waals surface area contributed by atoms with Gasteiger partial charge in [-0.05, 0) is 60.5 Å². The molecule has 0 unspecified atom stereocenters. The molecule has 0 aliphatic carbocycles. The zero-order valence-electron chi connectivity index (χ0n) is 21.8. The SMILES string of the molecule is CCc1nn(-c2ccccc2)c2c1CN(C(=O)Nc1ccc3c(c1)OCO3)[C@@H](c1cccc(F)c1)c1cccn1-2. The second-order valence-corrected chi connectivity index (χ2v) is 9.74. The van der Waals surface area contributed by atoms with Crippen molar-refractivity contribution in [2.45, 2.75) is 25.9 Å². The molecule has 200 valence electrons. The monoisotopic (exact) mass is 535 g/mol. The molecular weight excluding hydrogens is 509 g/mol. The van der Waals surface area contributed by atoms with Gasteiger partial charge in [-0.1, -0.05) is 37.3 Å². The fourth-order valence-electron chi connectivity index (χ4n) is 5.55. The lowest BCUT2D eigenvalue weighted by Crippen LogP contribution is -2.38. The van der Waals surface area contributed by atoms with Gasteiger partial charge in [0.2, 0.25) is 6.79 Å². The number of carbonyl (C=O) groups is 1. The molecule has 40 heavy (non-hydrogen) atoms. The summed E-state index contributed by atoms with van der Waals surface area (Å²) in [6, 6.07) is 24.7. The van der Waals surface area contributed by atoms with Crippen LogP contribution < -0.4 is 14.8 Å². The van der Waals surface area contributed by atoms with Crippen LogP contribution in [0.1, 0.15) is 35.5 Å². The minimum Gasteiger partial charge on any atom is -0.454 e. The summed E-state index contributed by atoms with van der Waals surface area (Å²) in [5.41, 5.74) is 4.80. The number of hydrogen-bond donors (Lipinski definition) is 1. The van der Waals surface area contributed by atoms with E-state index < -0.39 is 6.04 Å². The zero-order valence-corrected chi connectivity index (χ0v) is 21.8. The molecule has 8 nitrogen and oxygen atoms in total. The maximum atomic E-state index is 14.6. The minimum atomic E-state index is -0.568. The van der Waals surface area contributed by atoms with Crippen LogP contribution in [0.3, 0.4) is 0 Å². The molecule has 0 spiro atoms. The van der Waals surface area contributed by atoms with Gasteiger partial charge in [0.25, 0.3) is 0 Å². The molecule has 0 saturated heterocycles. The highest BCUT2D eigenvalue weighted by molar-refractivity contribution is 5.90. The van der Waals surface area contributed by atoms with Crippen LogP contribution in [-0.2, 0) is 13.0 Å². The van der Waals surface area contributed by atoms with Crippen molar-refractivity contribution in [3.63, 3.8) is 0 Å². The average Bonchev–Trinajstić information content (AvgIpc) is 3.70. The summed E-state index contributed by atoms with van der Waals surface area (Å²) < 4.78 is 29.5. The quantitative estimate of drug-likeness (QED) is 0.296. The number of ether oxygens (including phenoxy) is 2. The normalized spacial score (nSPS) is 15.3. The minimum absolute atomic E-state index is 0.144. The number of para-hydroxylation sites is 1. The van der Waals surface area contributed by atoms with Gasteiger partial charge >= 0.3 is 6.03 Å². The summed E-state index contributed by atoms with van der Waals surface area (Å²) in [5, 5.41) is 8.01. The van der Waals surface area contributed by atoms with E-state index in [1.165, 1.54) is 12.1 Å². The number of benzene rings is 3. The van der Waals surface area contributed by atoms with E-state index in [2.05, 4.69) is 16.8 Å². The van der Waals surface area contributed by atoms with Crippen molar-refractivity contribution >= 4 is 11.7 Å². The number of aryl methyl sites for hydroxylation is 1. The number of nitrogens with one attached hydrogen (secondary N) is 1. The van der Waals surface area contributed by atoms with Crippen LogP contribution in [0.25, 0.3) is 11.5 Å². The Bertz CT molecular complexity index is 1730. The topological polar surface area (TPSA) is 73.6 Å². The largest absolute Gasteiger partial charge is 0.454 e. The fraction of sp³-hybridized carbons (Fsp3) is 0.161. The lowest BCUT2D eigenvalue weighted by Gasteiger charge is -2.31. The van der Waals surface area contributed by atoms with Gasteiger partial charge in [-0.3, -0.25) is 0 Å². The van der Waals surface area contributed by atoms with Crippen molar-refractivity contribution < 1.29 is 18.7 Å². The molecule has 2 aliphatic rings. The van der Waals surface area contributed by atoms with Gasteiger partial charge in [-0.25, -0.2) is 13.9 Å². The Morgan fingerprint density at radius 1 is 1.00 bits per heavy atom. The Morgan fingerprint density at radius 3 is 2.67 bits per heavy atom. The van der Waals surface area contributed by atoms with Gasteiger partial charge in [0.1, 0.15) is 11.6 Å². The smallest absolute Gasteiger partial charge is 0.322 e. The Balaban J connectivity index is 1.39. The highest BCUT2D eigenvalue weighted by Crippen LogP contribution is 2.40. The molecule has 7 rings (SSSR count). The number of fused-ring (bicyclic) bond motifs is 4. The molecule has 2 aliphatic heterocycles. The van der Waals surface area contributed by atoms with E-state index in [1.807, 2.05) is 59.4 Å². The summed E-state index contributed by atoms with van der Waals surface area (Å²) in [7, 11) is 0. The van der Waals surface area contributed by atoms with Crippen molar-refractivity contribution in [1.82, 2.24) is 19.2 Å². The number of hydrogen-bond acceptors (Lipinski definition) is 4. The first-order chi connectivity index (χ1) is 19.6. The van der Waals surface area contributed by atoms with Crippen LogP contribution >= 0.6 is 0 Å². The van der Waals surface area contributed by atoms with Crippen molar-refractivity contribution in [3.8, 4) is 23.0 Å². The van der Waals surface area contributed by atoms with Gasteiger partial charge in [-0.2, -0.15) is 5.10 Å². The molecule has 0 fully saturated rings. The summed E-state index contributed by atoms with van der Waals surface area (Å²) in [5.74, 6) is 1.71. The molecular formula is C31H26FN5O3. The van der Waals surface area contributed by atoms with Gasteiger partial charge < -0.3 is 24.3 Å². The standard InChI is InChI=1S/C31H26FN5O3/c1-2-25-24-18-36(31(38)33-22-13-14-27-28(17-22)40-19-39-27)29(20-8-6-9-21(32)16-20)26-12-7-15-35(26)30(24)37(34-25)23-10-4-3-5-11-23/h3-17,29H,2,18-19H2,1H3,(H,33,38)/t29-/m0/s1. The highest BCUT2D eigenvalue weighted by atomic mass is 19.1. The first kappa shape index (κ1) is 24.0. The Morgan fingerprint density at radius 2 is 1.85 bits per heavy atom. The van der Waals surface area contributed by atoms with Gasteiger partial charge in [0.05, 0.1) is 29.7 Å². The third-order valence-electron chi connectivity index (χ3n) is 7.35. The average molecular weight is 536 g/mol. The number of anilines is 1. The molecule has 1 atom stereocenters. The molecule has 5 aromatic rings. The number of carbonyl (C=O) groups excluding carboxylic acids is 1. The van der Waals surface area contributed by atoms with Crippen molar-refractivity contribution in [2.75, 3.05) is 12.1 Å². The molecule has 4 heterocycles. The Kier molecular flexibility index (Phi) is 5.77. The molecule has 0 radical (unpaired) electrons. The lowest BCUT2D eigenvalue weighted by molar-refractivity contribution is 0.174. The van der Waals surface area contributed by atoms with Gasteiger partial charge in [-0.15, -0.1) is 0 Å². The molecule has 1 N–H and O–H groups in total. The highest BCUT2D eigenvalue weighted by Gasteiger charge is 2.36. The van der Waals surface area contributed by atoms with Crippen LogP contribution in [0.4, 0.5) is 14.9 Å². The van der Waals surface area contributed by atoms with Gasteiger partial charge in [0.15, 0.2) is 11.5 Å². The summed E-state index contributed by atoms with van der Waals surface area (Å²) in [4.78, 5) is 15.9. The maximum Gasteiger partial charge on any atom is 0.322 e. The molecule has 3 aromatic carbocycles. The second-order valence-electron chi connectivity index (χ2n) is 9.74.